The second-order valence-corrected chi connectivity index (χ2v) is 38.0. The summed E-state index contributed by atoms with van der Waals surface area (Å²) in [6.07, 6.45) is 0. The van der Waals surface area contributed by atoms with Crippen LogP contribution < -0.4 is 0 Å². The Balaban J connectivity index is 0.000000119. The fraction of sp³-hybridized carbons (Fsp3) is 0. The van der Waals surface area contributed by atoms with Crippen LogP contribution in [0.4, 0.5) is 0 Å². The molecule has 149 heavy (non-hydrogen) atoms. The van der Waals surface area contributed by atoms with Gasteiger partial charge in [0.1, 0.15) is 11.2 Å². The number of hydrogen-bond acceptors (Lipinski definition) is 12. The third-order valence-electron chi connectivity index (χ3n) is 27.2. The molecule has 0 aliphatic carbocycles. The predicted molar refractivity (Wildman–Crippen MR) is 622 cm³/mol. The van der Waals surface area contributed by atoms with E-state index in [9.17, 15) is 0 Å². The van der Waals surface area contributed by atoms with Crippen LogP contribution in [0.3, 0.4) is 0 Å². The maximum Gasteiger partial charge on any atom is 0.164 e. The summed E-state index contributed by atoms with van der Waals surface area (Å²) in [5, 5.41) is 16.9. The van der Waals surface area contributed by atoms with Gasteiger partial charge in [0.15, 0.2) is 52.4 Å². The fourth-order valence-corrected chi connectivity index (χ4v) is 23.3. The van der Waals surface area contributed by atoms with Crippen LogP contribution in [0.2, 0.25) is 0 Å². The van der Waals surface area contributed by atoms with Crippen molar-refractivity contribution >= 4 is 139 Å². The van der Waals surface area contributed by atoms with Gasteiger partial charge in [-0.25, -0.2) is 44.9 Å². The molecule has 0 saturated heterocycles. The van der Waals surface area contributed by atoms with Crippen molar-refractivity contribution in [2.75, 3.05) is 0 Å². The summed E-state index contributed by atoms with van der Waals surface area (Å²) in [6.45, 7) is 0. The van der Waals surface area contributed by atoms with Crippen molar-refractivity contribution in [1.82, 2.24) is 44.9 Å². The number of thiophene rings is 2. The fourth-order valence-electron chi connectivity index (χ4n) is 20.7. The van der Waals surface area contributed by atoms with E-state index in [2.05, 4.69) is 264 Å². The molecule has 6 heterocycles. The number of rotatable bonds is 15. The van der Waals surface area contributed by atoms with Gasteiger partial charge in [-0.3, -0.25) is 0 Å². The molecular weight excluding hydrogens is 1850 g/mol. The van der Waals surface area contributed by atoms with Crippen molar-refractivity contribution < 1.29 is 25.0 Å². The first kappa shape index (κ1) is 73.7. The quantitative estimate of drug-likeness (QED) is 0.0978. The van der Waals surface area contributed by atoms with Crippen molar-refractivity contribution in [3.8, 4) is 169 Å². The first-order valence-corrected chi connectivity index (χ1v) is 50.4. The first-order chi connectivity index (χ1) is 80.2. The number of furan rings is 1. The van der Waals surface area contributed by atoms with E-state index in [-0.39, 0.29) is 46.2 Å². The molecule has 0 unspecified atom stereocenters. The Hall–Kier alpha value is -19.4. The highest BCUT2D eigenvalue weighted by atomic mass is 32.1. The van der Waals surface area contributed by atoms with Crippen molar-refractivity contribution in [2.45, 2.75) is 0 Å². The van der Waals surface area contributed by atoms with Crippen molar-refractivity contribution in [3.05, 3.63) is 515 Å². The van der Waals surface area contributed by atoms with Crippen LogP contribution in [0.25, 0.3) is 285 Å². The molecule has 29 rings (SSSR count). The Bertz CT molecular complexity index is 11000. The number of hydrogen-bond donors (Lipinski definition) is 0. The van der Waals surface area contributed by atoms with Crippen LogP contribution in [0.1, 0.15) is 20.6 Å². The molecular formula is C137H85N9OS2. The van der Waals surface area contributed by atoms with Gasteiger partial charge in [0.05, 0.1) is 20.6 Å². The average Bonchev–Trinajstić information content (AvgIpc) is 1.59. The Labute approximate surface area is 887 Å². The number of fused-ring (bicyclic) bond motifs is 14. The van der Waals surface area contributed by atoms with Crippen LogP contribution in [-0.2, 0) is 0 Å². The molecule has 12 heteroatoms. The Kier molecular flexibility index (Phi) is 19.0. The lowest BCUT2D eigenvalue weighted by Crippen LogP contribution is -2.01. The molecule has 0 atom stereocenters. The summed E-state index contributed by atoms with van der Waals surface area (Å²) in [7, 11) is 0. The van der Waals surface area contributed by atoms with Gasteiger partial charge in [-0.05, 0) is 129 Å². The van der Waals surface area contributed by atoms with E-state index in [1.165, 1.54) is 64.5 Å². The third-order valence-corrected chi connectivity index (χ3v) is 29.6. The Morgan fingerprint density at radius 3 is 0.966 bits per heavy atom. The molecule has 0 amide bonds. The average molecular weight is 1950 g/mol. The minimum atomic E-state index is -0.653. The van der Waals surface area contributed by atoms with Crippen LogP contribution in [0.5, 0.6) is 0 Å². The lowest BCUT2D eigenvalue weighted by Gasteiger charge is -2.19. The van der Waals surface area contributed by atoms with E-state index in [0.29, 0.717) is 67.1 Å². The molecule has 0 radical (unpaired) electrons. The van der Waals surface area contributed by atoms with Crippen molar-refractivity contribution in [1.29, 1.82) is 0 Å². The largest absolute Gasteiger partial charge is 0.455 e. The smallest absolute Gasteiger partial charge is 0.164 e. The minimum absolute atomic E-state index is 0.0644. The number of para-hydroxylation sites is 1. The molecule has 0 aliphatic heterocycles. The maximum absolute atomic E-state index is 8.98. The molecule has 6 aromatic heterocycles. The lowest BCUT2D eigenvalue weighted by molar-refractivity contribution is 0.670. The van der Waals surface area contributed by atoms with E-state index < -0.39 is 78.6 Å². The second-order valence-electron chi connectivity index (χ2n) is 35.9. The Morgan fingerprint density at radius 2 is 0.483 bits per heavy atom. The topological polar surface area (TPSA) is 129 Å². The van der Waals surface area contributed by atoms with E-state index >= 15 is 0 Å². The molecule has 0 fully saturated rings. The zero-order valence-electron chi connectivity index (χ0n) is 94.2. The van der Waals surface area contributed by atoms with Gasteiger partial charge in [-0.2, -0.15) is 0 Å². The first-order valence-electron chi connectivity index (χ1n) is 56.2. The highest BCUT2D eigenvalue weighted by Crippen LogP contribution is 2.56. The molecule has 696 valence electrons. The summed E-state index contributed by atoms with van der Waals surface area (Å²) in [5.41, 5.74) is 18.2. The molecule has 0 saturated carbocycles. The lowest BCUT2D eigenvalue weighted by atomic mass is 9.84. The van der Waals surface area contributed by atoms with Crippen molar-refractivity contribution in [2.24, 2.45) is 0 Å². The highest BCUT2D eigenvalue weighted by molar-refractivity contribution is 7.27. The zero-order chi connectivity index (χ0) is 112. The molecule has 0 bridgehead atoms. The molecule has 0 N–H and O–H groups in total. The van der Waals surface area contributed by atoms with Gasteiger partial charge >= 0.3 is 0 Å². The summed E-state index contributed by atoms with van der Waals surface area (Å²) in [4.78, 5) is 44.2. The van der Waals surface area contributed by atoms with Gasteiger partial charge in [0, 0.05) is 129 Å². The zero-order valence-corrected chi connectivity index (χ0v) is 80.8. The van der Waals surface area contributed by atoms with Gasteiger partial charge in [0.2, 0.25) is 0 Å². The van der Waals surface area contributed by atoms with E-state index in [1.807, 2.05) is 169 Å². The summed E-state index contributed by atoms with van der Waals surface area (Å²) >= 11 is 3.31. The number of aromatic nitrogens is 9. The normalized spacial score (nSPS) is 12.9. The van der Waals surface area contributed by atoms with E-state index in [4.69, 9.17) is 54.9 Å². The summed E-state index contributed by atoms with van der Waals surface area (Å²) in [6, 6.07) is 136. The SMILES string of the molecule is [2H]c1c([2H])c([2H])c(-c2nc(-c3cccc(-c4c5ccccc5c(-c5c([2H])c([2H])c([2H])c([2H])c5[2H])c5sc6ccccc6c45)c3)nc(-c3c([2H])c([2H])c([2H])c([2H])c3[2H])n2)c([2H])c1[2H].c1ccc(-c2nc(-c3ccccc3)nc(-c3ccc(-c4c5ccccc5c(-c5ccccc5)c5sc6ccccc6c45)c4ccccc34)n2)cc1.c1ccc(-c2nc(-c3ccccc3)nc(-c3ccc4ccccc4c3-c3c4ccccc4c(-c4ccccc4)c4oc5ccccc5c34)n2)cc1. The minimum Gasteiger partial charge on any atom is -0.455 e. The van der Waals surface area contributed by atoms with Gasteiger partial charge < -0.3 is 4.42 Å². The standard InChI is InChI=1S/C47H29N3O.C47H29N3S.C43H27N3S/c1-4-17-31(18-5-1)40-35-24-12-13-25-36(35)42(43-37-26-14-15-27-39(37)51-44(40)43)41-34-23-11-10-16-30(34)28-29-38(41)47-49-45(32-19-6-2-7-20-32)48-46(50-47)33-21-8-3-9-22-33;1-4-16-30(17-5-1)41-35-24-12-13-25-36(35)42(43-39-26-14-15-27-40(39)51-44(41)43)37-28-29-38(34-23-11-10-22-33(34)37)47-49-45(31-18-6-2-7-19-31)48-46(50-47)32-20-8-3-9-21-32;1-4-15-28(16-5-1)38-34-24-11-10-23-33(34)37(39-35-25-12-13-26-36(35)47-40(38)39)31-21-14-22-32(27-31)43-45-41(29-17-6-2-7-18-29)44-42(46-43)30-19-8-3-9-20-30/h2*1-29H;1-27H/i;;1D,2D,3D,4D,5D,6D,7D,8D,9D,15D,16D,17D,18D,19D,20D. The highest BCUT2D eigenvalue weighted by Gasteiger charge is 2.31. The van der Waals surface area contributed by atoms with Crippen LogP contribution >= 0.6 is 22.7 Å². The Morgan fingerprint density at radius 1 is 0.174 bits per heavy atom. The predicted octanol–water partition coefficient (Wildman–Crippen LogP) is 37.0. The van der Waals surface area contributed by atoms with Gasteiger partial charge in [-0.15, -0.1) is 22.7 Å². The van der Waals surface area contributed by atoms with Gasteiger partial charge in [0.25, 0.3) is 0 Å². The van der Waals surface area contributed by atoms with Crippen LogP contribution in [0, 0.1) is 0 Å². The molecule has 23 aromatic carbocycles. The maximum atomic E-state index is 8.98. The van der Waals surface area contributed by atoms with Crippen molar-refractivity contribution in [3.63, 3.8) is 0 Å². The summed E-state index contributed by atoms with van der Waals surface area (Å²) in [5.74, 6) is 2.95. The summed E-state index contributed by atoms with van der Waals surface area (Å²) < 4.78 is 139. The van der Waals surface area contributed by atoms with Crippen LogP contribution in [0.15, 0.2) is 520 Å². The van der Waals surface area contributed by atoms with E-state index in [0.717, 1.165) is 131 Å². The number of nitrogens with zero attached hydrogens (tertiary/aromatic N) is 9. The second kappa shape index (κ2) is 38.4. The van der Waals surface area contributed by atoms with Crippen LogP contribution in [-0.4, -0.2) is 44.9 Å². The molecule has 10 nitrogen and oxygen atoms in total. The molecule has 0 spiro atoms. The molecule has 29 aromatic rings. The number of benzene rings is 23. The van der Waals surface area contributed by atoms with E-state index in [1.54, 1.807) is 18.2 Å². The van der Waals surface area contributed by atoms with Gasteiger partial charge in [-0.1, -0.05) is 479 Å². The third kappa shape index (κ3) is 16.2. The molecule has 0 aliphatic rings. The monoisotopic (exact) mass is 1950 g/mol.